The molecule has 0 saturated carbocycles. The Balaban J connectivity index is 2.03. The van der Waals surface area contributed by atoms with Gasteiger partial charge in [-0.05, 0) is 18.2 Å². The number of amides is 1. The van der Waals surface area contributed by atoms with Gasteiger partial charge in [-0.1, -0.05) is 0 Å². The van der Waals surface area contributed by atoms with Crippen molar-refractivity contribution in [2.75, 3.05) is 18.6 Å². The normalized spacial score (nSPS) is 14.2. The third-order valence-electron chi connectivity index (χ3n) is 3.07. The number of ether oxygens (including phenoxy) is 1. The van der Waals surface area contributed by atoms with Crippen LogP contribution < -0.4 is 15.4 Å². The Morgan fingerprint density at radius 3 is 3.11 bits per heavy atom. The topological polar surface area (TPSA) is 68.5 Å². The van der Waals surface area contributed by atoms with Crippen LogP contribution in [0.15, 0.2) is 23.6 Å². The summed E-state index contributed by atoms with van der Waals surface area (Å²) in [6, 6.07) is 5.73. The number of carbonyl (C=O) groups excluding carboxylic acids is 1. The SMILES string of the molecule is CN1C(=O)COc2ccc(-c3csc(CN)n3)cc21. The Morgan fingerprint density at radius 1 is 1.53 bits per heavy atom. The molecule has 2 heterocycles. The van der Waals surface area contributed by atoms with Crippen molar-refractivity contribution in [2.24, 2.45) is 5.73 Å². The van der Waals surface area contributed by atoms with E-state index >= 15 is 0 Å². The van der Waals surface area contributed by atoms with Crippen LogP contribution in [-0.4, -0.2) is 24.5 Å². The van der Waals surface area contributed by atoms with E-state index in [1.807, 2.05) is 23.6 Å². The molecule has 19 heavy (non-hydrogen) atoms. The highest BCUT2D eigenvalue weighted by atomic mass is 32.1. The molecule has 6 heteroatoms. The van der Waals surface area contributed by atoms with E-state index in [1.165, 1.54) is 11.3 Å². The standard InChI is InChI=1S/C13H13N3O2S/c1-16-10-4-8(9-7-19-12(5-14)15-9)2-3-11(10)18-6-13(16)17/h2-4,7H,5-6,14H2,1H3. The molecule has 0 bridgehead atoms. The van der Waals surface area contributed by atoms with Gasteiger partial charge in [0.2, 0.25) is 0 Å². The van der Waals surface area contributed by atoms with E-state index in [1.54, 1.807) is 11.9 Å². The number of nitrogens with two attached hydrogens (primary N) is 1. The van der Waals surface area contributed by atoms with Crippen molar-refractivity contribution in [2.45, 2.75) is 6.54 Å². The van der Waals surface area contributed by atoms with Crippen LogP contribution in [0, 0.1) is 0 Å². The van der Waals surface area contributed by atoms with Gasteiger partial charge in [0, 0.05) is 24.5 Å². The summed E-state index contributed by atoms with van der Waals surface area (Å²) in [5.74, 6) is 0.672. The second-order valence-electron chi connectivity index (χ2n) is 4.25. The molecule has 0 unspecified atom stereocenters. The third-order valence-corrected chi connectivity index (χ3v) is 3.94. The molecule has 1 aromatic carbocycles. The van der Waals surface area contributed by atoms with Gasteiger partial charge in [0.15, 0.2) is 6.61 Å². The summed E-state index contributed by atoms with van der Waals surface area (Å²) in [5, 5.41) is 2.86. The fourth-order valence-corrected chi connectivity index (χ4v) is 2.65. The van der Waals surface area contributed by atoms with Gasteiger partial charge in [-0.25, -0.2) is 4.98 Å². The molecule has 2 N–H and O–H groups in total. The highest BCUT2D eigenvalue weighted by Gasteiger charge is 2.22. The zero-order chi connectivity index (χ0) is 13.4. The maximum atomic E-state index is 11.6. The number of thiazole rings is 1. The first-order valence-electron chi connectivity index (χ1n) is 5.87. The first-order valence-corrected chi connectivity index (χ1v) is 6.75. The number of benzene rings is 1. The largest absolute Gasteiger partial charge is 0.482 e. The highest BCUT2D eigenvalue weighted by Crippen LogP contribution is 2.35. The van der Waals surface area contributed by atoms with Gasteiger partial charge in [-0.3, -0.25) is 4.79 Å². The molecular formula is C13H13N3O2S. The fourth-order valence-electron chi connectivity index (χ4n) is 1.97. The van der Waals surface area contributed by atoms with Gasteiger partial charge in [0.25, 0.3) is 5.91 Å². The Morgan fingerprint density at radius 2 is 2.37 bits per heavy atom. The minimum Gasteiger partial charge on any atom is -0.482 e. The van der Waals surface area contributed by atoms with Crippen molar-refractivity contribution in [3.63, 3.8) is 0 Å². The third kappa shape index (κ3) is 2.09. The summed E-state index contributed by atoms with van der Waals surface area (Å²) in [7, 11) is 1.75. The number of hydrogen-bond acceptors (Lipinski definition) is 5. The lowest BCUT2D eigenvalue weighted by atomic mass is 10.1. The minimum absolute atomic E-state index is 0.0504. The fraction of sp³-hybridized carbons (Fsp3) is 0.231. The van der Waals surface area contributed by atoms with Crippen LogP contribution in [0.2, 0.25) is 0 Å². The van der Waals surface area contributed by atoms with Crippen molar-refractivity contribution in [3.05, 3.63) is 28.6 Å². The number of carbonyl (C=O) groups is 1. The molecule has 0 spiro atoms. The summed E-state index contributed by atoms with van der Waals surface area (Å²) in [5.41, 5.74) is 8.17. The smallest absolute Gasteiger partial charge is 0.264 e. The van der Waals surface area contributed by atoms with Crippen LogP contribution in [0.25, 0.3) is 11.3 Å². The molecule has 1 aliphatic heterocycles. The van der Waals surface area contributed by atoms with E-state index in [-0.39, 0.29) is 12.5 Å². The number of anilines is 1. The van der Waals surface area contributed by atoms with E-state index in [9.17, 15) is 4.79 Å². The molecule has 1 aliphatic rings. The zero-order valence-electron chi connectivity index (χ0n) is 10.4. The Labute approximate surface area is 114 Å². The molecule has 1 amide bonds. The second-order valence-corrected chi connectivity index (χ2v) is 5.20. The molecule has 0 fully saturated rings. The Bertz CT molecular complexity index is 639. The van der Waals surface area contributed by atoms with E-state index in [0.29, 0.717) is 6.54 Å². The average molecular weight is 275 g/mol. The quantitative estimate of drug-likeness (QED) is 0.904. The molecule has 0 atom stereocenters. The van der Waals surface area contributed by atoms with E-state index in [4.69, 9.17) is 10.5 Å². The number of likely N-dealkylation sites (N-methyl/N-ethyl adjacent to an activating group) is 1. The number of rotatable bonds is 2. The minimum atomic E-state index is -0.0504. The molecule has 0 saturated heterocycles. The Hall–Kier alpha value is -1.92. The van der Waals surface area contributed by atoms with Crippen LogP contribution in [0.4, 0.5) is 5.69 Å². The molecule has 5 nitrogen and oxygen atoms in total. The predicted molar refractivity (Wildman–Crippen MR) is 74.3 cm³/mol. The summed E-state index contributed by atoms with van der Waals surface area (Å²) < 4.78 is 5.39. The van der Waals surface area contributed by atoms with Crippen LogP contribution in [0.5, 0.6) is 5.75 Å². The van der Waals surface area contributed by atoms with Crippen molar-refractivity contribution in [3.8, 4) is 17.0 Å². The van der Waals surface area contributed by atoms with Crippen LogP contribution in [0.3, 0.4) is 0 Å². The summed E-state index contributed by atoms with van der Waals surface area (Å²) in [4.78, 5) is 17.7. The van der Waals surface area contributed by atoms with Crippen molar-refractivity contribution < 1.29 is 9.53 Å². The Kier molecular flexibility index (Phi) is 2.96. The molecule has 98 valence electrons. The number of fused-ring (bicyclic) bond motifs is 1. The van der Waals surface area contributed by atoms with E-state index in [2.05, 4.69) is 4.98 Å². The lowest BCUT2D eigenvalue weighted by Crippen LogP contribution is -2.35. The first-order chi connectivity index (χ1) is 9.19. The molecule has 0 radical (unpaired) electrons. The van der Waals surface area contributed by atoms with Crippen LogP contribution in [-0.2, 0) is 11.3 Å². The maximum absolute atomic E-state index is 11.6. The van der Waals surface area contributed by atoms with Crippen molar-refractivity contribution in [1.29, 1.82) is 0 Å². The molecule has 2 aromatic rings. The van der Waals surface area contributed by atoms with Crippen LogP contribution in [0.1, 0.15) is 5.01 Å². The molecule has 3 rings (SSSR count). The first kappa shape index (κ1) is 12.1. The second kappa shape index (κ2) is 4.64. The summed E-state index contributed by atoms with van der Waals surface area (Å²) in [6.07, 6.45) is 0. The zero-order valence-corrected chi connectivity index (χ0v) is 11.2. The highest BCUT2D eigenvalue weighted by molar-refractivity contribution is 7.09. The number of aromatic nitrogens is 1. The molecule has 1 aromatic heterocycles. The van der Waals surface area contributed by atoms with Gasteiger partial charge in [0.1, 0.15) is 10.8 Å². The number of hydrogen-bond donors (Lipinski definition) is 1. The monoisotopic (exact) mass is 275 g/mol. The summed E-state index contributed by atoms with van der Waals surface area (Å²) >= 11 is 1.54. The van der Waals surface area contributed by atoms with Crippen molar-refractivity contribution >= 4 is 22.9 Å². The predicted octanol–water partition coefficient (Wildman–Crippen LogP) is 1.62. The van der Waals surface area contributed by atoms with E-state index < -0.39 is 0 Å². The van der Waals surface area contributed by atoms with Gasteiger partial charge < -0.3 is 15.4 Å². The maximum Gasteiger partial charge on any atom is 0.264 e. The van der Waals surface area contributed by atoms with Gasteiger partial charge >= 0.3 is 0 Å². The lowest BCUT2D eigenvalue weighted by Gasteiger charge is -2.26. The van der Waals surface area contributed by atoms with Crippen LogP contribution >= 0.6 is 11.3 Å². The number of nitrogens with zero attached hydrogens (tertiary/aromatic N) is 2. The van der Waals surface area contributed by atoms with Gasteiger partial charge in [-0.15, -0.1) is 11.3 Å². The van der Waals surface area contributed by atoms with Gasteiger partial charge in [-0.2, -0.15) is 0 Å². The van der Waals surface area contributed by atoms with Crippen molar-refractivity contribution in [1.82, 2.24) is 4.98 Å². The lowest BCUT2D eigenvalue weighted by molar-refractivity contribution is -0.120. The average Bonchev–Trinajstić information content (AvgIpc) is 2.92. The molecule has 0 aliphatic carbocycles. The summed E-state index contributed by atoms with van der Waals surface area (Å²) in [6.45, 7) is 0.536. The molecular weight excluding hydrogens is 262 g/mol. The van der Waals surface area contributed by atoms with Gasteiger partial charge in [0.05, 0.1) is 11.4 Å². The van der Waals surface area contributed by atoms with E-state index in [0.717, 1.165) is 27.7 Å².